The van der Waals surface area contributed by atoms with Gasteiger partial charge in [-0.1, -0.05) is 6.07 Å². The first kappa shape index (κ1) is 14.9. The molecule has 1 rings (SSSR count). The minimum atomic E-state index is -0.616. The highest BCUT2D eigenvalue weighted by Gasteiger charge is 2.19. The van der Waals surface area contributed by atoms with E-state index in [0.29, 0.717) is 13.2 Å². The van der Waals surface area contributed by atoms with Crippen molar-refractivity contribution in [3.8, 4) is 0 Å². The van der Waals surface area contributed by atoms with E-state index in [1.54, 1.807) is 0 Å². The van der Waals surface area contributed by atoms with Gasteiger partial charge in [0.05, 0.1) is 16.6 Å². The molecule has 0 fully saturated rings. The number of nitrogens with two attached hydrogens (primary N) is 1. The minimum Gasteiger partial charge on any atom is -0.393 e. The number of para-hydroxylation sites is 1. The molecule has 1 aromatic carbocycles. The molecule has 0 aliphatic carbocycles. The molecule has 1 amide bonds. The van der Waals surface area contributed by atoms with Gasteiger partial charge in [-0.25, -0.2) is 0 Å². The number of rotatable bonds is 6. The SMILES string of the molecule is CCOC(C)CNC(=O)c1cccc([N+](=O)[O-])c1N. The molecule has 0 aliphatic rings. The molecule has 3 N–H and O–H groups in total. The first-order chi connectivity index (χ1) is 8.97. The highest BCUT2D eigenvalue weighted by molar-refractivity contribution is 6.00. The van der Waals surface area contributed by atoms with Crippen LogP contribution in [-0.4, -0.2) is 30.1 Å². The van der Waals surface area contributed by atoms with Gasteiger partial charge < -0.3 is 15.8 Å². The quantitative estimate of drug-likeness (QED) is 0.459. The molecule has 0 bridgehead atoms. The summed E-state index contributed by atoms with van der Waals surface area (Å²) < 4.78 is 5.27. The van der Waals surface area contributed by atoms with E-state index in [-0.39, 0.29) is 23.0 Å². The molecule has 19 heavy (non-hydrogen) atoms. The zero-order valence-electron chi connectivity index (χ0n) is 10.9. The largest absolute Gasteiger partial charge is 0.393 e. The van der Waals surface area contributed by atoms with Crippen LogP contribution in [0.25, 0.3) is 0 Å². The normalized spacial score (nSPS) is 11.9. The third-order valence-electron chi connectivity index (χ3n) is 2.53. The fourth-order valence-corrected chi connectivity index (χ4v) is 1.59. The Morgan fingerprint density at radius 2 is 2.26 bits per heavy atom. The fourth-order valence-electron chi connectivity index (χ4n) is 1.59. The molecule has 7 nitrogen and oxygen atoms in total. The average Bonchev–Trinajstić information content (AvgIpc) is 2.36. The van der Waals surface area contributed by atoms with E-state index in [4.69, 9.17) is 10.5 Å². The third kappa shape index (κ3) is 3.92. The number of nitrogen functional groups attached to an aromatic ring is 1. The van der Waals surface area contributed by atoms with Crippen molar-refractivity contribution in [2.24, 2.45) is 0 Å². The van der Waals surface area contributed by atoms with Gasteiger partial charge in [-0.2, -0.15) is 0 Å². The van der Waals surface area contributed by atoms with Gasteiger partial charge in [-0.15, -0.1) is 0 Å². The Kier molecular flexibility index (Phi) is 5.25. The van der Waals surface area contributed by atoms with E-state index in [0.717, 1.165) is 0 Å². The van der Waals surface area contributed by atoms with Crippen LogP contribution in [0.15, 0.2) is 18.2 Å². The third-order valence-corrected chi connectivity index (χ3v) is 2.53. The summed E-state index contributed by atoms with van der Waals surface area (Å²) in [5.41, 5.74) is 5.31. The lowest BCUT2D eigenvalue weighted by Crippen LogP contribution is -2.32. The van der Waals surface area contributed by atoms with E-state index < -0.39 is 10.8 Å². The monoisotopic (exact) mass is 267 g/mol. The first-order valence-electron chi connectivity index (χ1n) is 5.90. The number of nitrogens with one attached hydrogen (secondary N) is 1. The summed E-state index contributed by atoms with van der Waals surface area (Å²) in [5.74, 6) is -0.451. The van der Waals surface area contributed by atoms with Crippen molar-refractivity contribution in [2.75, 3.05) is 18.9 Å². The summed E-state index contributed by atoms with van der Waals surface area (Å²) in [4.78, 5) is 22.0. The van der Waals surface area contributed by atoms with Crippen LogP contribution in [-0.2, 0) is 4.74 Å². The highest BCUT2D eigenvalue weighted by atomic mass is 16.6. The fraction of sp³-hybridized carbons (Fsp3) is 0.417. The molecule has 0 aromatic heterocycles. The maximum atomic E-state index is 11.9. The Hall–Kier alpha value is -2.15. The lowest BCUT2D eigenvalue weighted by Gasteiger charge is -2.13. The Labute approximate surface area is 110 Å². The molecule has 0 heterocycles. The van der Waals surface area contributed by atoms with Crippen molar-refractivity contribution in [3.05, 3.63) is 33.9 Å². The van der Waals surface area contributed by atoms with Gasteiger partial charge in [-0.3, -0.25) is 14.9 Å². The number of benzene rings is 1. The molecule has 1 atom stereocenters. The topological polar surface area (TPSA) is 107 Å². The zero-order chi connectivity index (χ0) is 14.4. The van der Waals surface area contributed by atoms with Crippen LogP contribution in [0.3, 0.4) is 0 Å². The van der Waals surface area contributed by atoms with Crippen molar-refractivity contribution < 1.29 is 14.5 Å². The number of nitrogens with zero attached hydrogens (tertiary/aromatic N) is 1. The molecule has 0 aliphatic heterocycles. The van der Waals surface area contributed by atoms with E-state index >= 15 is 0 Å². The number of carbonyl (C=O) groups excluding carboxylic acids is 1. The molecular formula is C12H17N3O4. The predicted octanol–water partition coefficient (Wildman–Crippen LogP) is 1.33. The van der Waals surface area contributed by atoms with Crippen LogP contribution in [0.5, 0.6) is 0 Å². The van der Waals surface area contributed by atoms with E-state index in [1.165, 1.54) is 18.2 Å². The van der Waals surface area contributed by atoms with Gasteiger partial charge in [0.15, 0.2) is 0 Å². The summed E-state index contributed by atoms with van der Waals surface area (Å²) in [6.07, 6.45) is -0.131. The molecule has 0 spiro atoms. The van der Waals surface area contributed by atoms with Crippen molar-refractivity contribution in [1.82, 2.24) is 5.32 Å². The summed E-state index contributed by atoms with van der Waals surface area (Å²) in [6.45, 7) is 4.54. The molecule has 104 valence electrons. The number of carbonyl (C=O) groups is 1. The minimum absolute atomic E-state index is 0.0953. The predicted molar refractivity (Wildman–Crippen MR) is 70.9 cm³/mol. The summed E-state index contributed by atoms with van der Waals surface area (Å²) in [6, 6.07) is 4.13. The Balaban J connectivity index is 2.78. The van der Waals surface area contributed by atoms with Crippen molar-refractivity contribution in [2.45, 2.75) is 20.0 Å². The van der Waals surface area contributed by atoms with Crippen LogP contribution in [0, 0.1) is 10.1 Å². The molecule has 0 saturated carbocycles. The van der Waals surface area contributed by atoms with Crippen molar-refractivity contribution in [3.63, 3.8) is 0 Å². The van der Waals surface area contributed by atoms with Crippen LogP contribution in [0.1, 0.15) is 24.2 Å². The summed E-state index contributed by atoms with van der Waals surface area (Å²) in [5, 5.41) is 13.3. The van der Waals surface area contributed by atoms with Gasteiger partial charge in [0.2, 0.25) is 0 Å². The Bertz CT molecular complexity index is 476. The second-order valence-electron chi connectivity index (χ2n) is 3.97. The standard InChI is InChI=1S/C12H17N3O4/c1-3-19-8(2)7-14-12(16)9-5-4-6-10(11(9)13)15(17)18/h4-6,8H,3,7,13H2,1-2H3,(H,14,16). The number of nitro benzene ring substituents is 1. The van der Waals surface area contributed by atoms with Gasteiger partial charge in [-0.05, 0) is 19.9 Å². The molecule has 0 radical (unpaired) electrons. The number of ether oxygens (including phenoxy) is 1. The molecule has 1 unspecified atom stereocenters. The second-order valence-corrected chi connectivity index (χ2v) is 3.97. The maximum Gasteiger partial charge on any atom is 0.292 e. The van der Waals surface area contributed by atoms with Crippen molar-refractivity contribution >= 4 is 17.3 Å². The summed E-state index contributed by atoms with van der Waals surface area (Å²) in [7, 11) is 0. The van der Waals surface area contributed by atoms with E-state index in [1.807, 2.05) is 13.8 Å². The molecular weight excluding hydrogens is 250 g/mol. The summed E-state index contributed by atoms with van der Waals surface area (Å²) >= 11 is 0. The molecule has 0 saturated heterocycles. The van der Waals surface area contributed by atoms with Crippen LogP contribution < -0.4 is 11.1 Å². The zero-order valence-corrected chi connectivity index (χ0v) is 10.9. The van der Waals surface area contributed by atoms with Crippen LogP contribution in [0.4, 0.5) is 11.4 Å². The number of nitro groups is 1. The molecule has 7 heteroatoms. The number of amides is 1. The smallest absolute Gasteiger partial charge is 0.292 e. The van der Waals surface area contributed by atoms with Gasteiger partial charge >= 0.3 is 0 Å². The van der Waals surface area contributed by atoms with E-state index in [2.05, 4.69) is 5.32 Å². The highest BCUT2D eigenvalue weighted by Crippen LogP contribution is 2.24. The van der Waals surface area contributed by atoms with Crippen LogP contribution in [0.2, 0.25) is 0 Å². The first-order valence-corrected chi connectivity index (χ1v) is 5.90. The Morgan fingerprint density at radius 1 is 1.58 bits per heavy atom. The number of hydrogen-bond donors (Lipinski definition) is 2. The lowest BCUT2D eigenvalue weighted by atomic mass is 10.1. The van der Waals surface area contributed by atoms with Gasteiger partial charge in [0.25, 0.3) is 11.6 Å². The van der Waals surface area contributed by atoms with Gasteiger partial charge in [0.1, 0.15) is 5.69 Å². The Morgan fingerprint density at radius 3 is 2.84 bits per heavy atom. The van der Waals surface area contributed by atoms with E-state index in [9.17, 15) is 14.9 Å². The maximum absolute atomic E-state index is 11.9. The van der Waals surface area contributed by atoms with Crippen LogP contribution >= 0.6 is 0 Å². The second kappa shape index (κ2) is 6.69. The number of hydrogen-bond acceptors (Lipinski definition) is 5. The van der Waals surface area contributed by atoms with Gasteiger partial charge in [0, 0.05) is 19.2 Å². The number of anilines is 1. The average molecular weight is 267 g/mol. The van der Waals surface area contributed by atoms with Crippen molar-refractivity contribution in [1.29, 1.82) is 0 Å². The molecule has 1 aromatic rings. The lowest BCUT2D eigenvalue weighted by molar-refractivity contribution is -0.383.